The zero-order valence-electron chi connectivity index (χ0n) is 11.4. The Morgan fingerprint density at radius 2 is 2.12 bits per heavy atom. The standard InChI is InChI=1S/C14H28N2O/c1-11-6-7-12(9-11)16-14(10-15)8-4-3-5-13(14)17-2/h11-13,16H,3-10,15H2,1-2H3. The molecule has 4 atom stereocenters. The molecule has 100 valence electrons. The summed E-state index contributed by atoms with van der Waals surface area (Å²) in [5.74, 6) is 0.868. The molecule has 3 N–H and O–H groups in total. The Morgan fingerprint density at radius 3 is 2.71 bits per heavy atom. The summed E-state index contributed by atoms with van der Waals surface area (Å²) in [6, 6.07) is 0.657. The molecule has 0 spiro atoms. The van der Waals surface area contributed by atoms with Gasteiger partial charge in [0.1, 0.15) is 0 Å². The second kappa shape index (κ2) is 5.68. The van der Waals surface area contributed by atoms with Crippen molar-refractivity contribution in [3.8, 4) is 0 Å². The van der Waals surface area contributed by atoms with Crippen molar-refractivity contribution in [1.29, 1.82) is 0 Å². The van der Waals surface area contributed by atoms with Gasteiger partial charge in [0.25, 0.3) is 0 Å². The van der Waals surface area contributed by atoms with Gasteiger partial charge in [-0.1, -0.05) is 19.8 Å². The van der Waals surface area contributed by atoms with Crippen LogP contribution in [0.4, 0.5) is 0 Å². The molecule has 2 rings (SSSR count). The molecule has 0 radical (unpaired) electrons. The molecule has 3 nitrogen and oxygen atoms in total. The van der Waals surface area contributed by atoms with E-state index in [2.05, 4.69) is 12.2 Å². The number of hydrogen-bond donors (Lipinski definition) is 2. The third kappa shape index (κ3) is 2.83. The Bertz CT molecular complexity index is 246. The lowest BCUT2D eigenvalue weighted by atomic mass is 9.78. The first kappa shape index (κ1) is 13.3. The van der Waals surface area contributed by atoms with Crippen molar-refractivity contribution in [1.82, 2.24) is 5.32 Å². The SMILES string of the molecule is COC1CCCCC1(CN)NC1CCC(C)C1. The first-order valence-corrected chi connectivity index (χ1v) is 7.21. The molecule has 2 aliphatic rings. The average molecular weight is 240 g/mol. The van der Waals surface area contributed by atoms with E-state index < -0.39 is 0 Å². The van der Waals surface area contributed by atoms with Gasteiger partial charge in [0.15, 0.2) is 0 Å². The maximum Gasteiger partial charge on any atom is 0.0765 e. The summed E-state index contributed by atoms with van der Waals surface area (Å²) < 4.78 is 5.69. The van der Waals surface area contributed by atoms with Crippen molar-refractivity contribution >= 4 is 0 Å². The molecule has 0 aromatic rings. The minimum Gasteiger partial charge on any atom is -0.379 e. The van der Waals surface area contributed by atoms with Crippen molar-refractivity contribution in [2.75, 3.05) is 13.7 Å². The number of nitrogens with one attached hydrogen (secondary N) is 1. The quantitative estimate of drug-likeness (QED) is 0.790. The molecule has 17 heavy (non-hydrogen) atoms. The number of hydrogen-bond acceptors (Lipinski definition) is 3. The first-order valence-electron chi connectivity index (χ1n) is 7.21. The van der Waals surface area contributed by atoms with Gasteiger partial charge in [-0.25, -0.2) is 0 Å². The van der Waals surface area contributed by atoms with Crippen molar-refractivity contribution in [3.63, 3.8) is 0 Å². The van der Waals surface area contributed by atoms with E-state index in [-0.39, 0.29) is 5.54 Å². The van der Waals surface area contributed by atoms with Crippen LogP contribution in [-0.2, 0) is 4.74 Å². The molecule has 2 saturated carbocycles. The molecule has 3 heteroatoms. The number of methoxy groups -OCH3 is 1. The van der Waals surface area contributed by atoms with Gasteiger partial charge in [0.2, 0.25) is 0 Å². The number of nitrogens with two attached hydrogens (primary N) is 1. The van der Waals surface area contributed by atoms with Gasteiger partial charge >= 0.3 is 0 Å². The molecule has 0 aliphatic heterocycles. The maximum atomic E-state index is 6.07. The van der Waals surface area contributed by atoms with Crippen LogP contribution in [-0.4, -0.2) is 31.3 Å². The van der Waals surface area contributed by atoms with Crippen molar-refractivity contribution in [2.45, 2.75) is 69.6 Å². The van der Waals surface area contributed by atoms with Gasteiger partial charge in [-0.2, -0.15) is 0 Å². The third-order valence-electron chi connectivity index (χ3n) is 4.79. The summed E-state index contributed by atoms with van der Waals surface area (Å²) in [5.41, 5.74) is 6.12. The molecule has 2 fully saturated rings. The summed E-state index contributed by atoms with van der Waals surface area (Å²) in [5, 5.41) is 3.86. The second-order valence-electron chi connectivity index (χ2n) is 6.09. The molecule has 2 aliphatic carbocycles. The van der Waals surface area contributed by atoms with E-state index in [0.29, 0.717) is 18.7 Å². The van der Waals surface area contributed by atoms with Crippen molar-refractivity contribution < 1.29 is 4.74 Å². The van der Waals surface area contributed by atoms with Crippen molar-refractivity contribution in [2.24, 2.45) is 11.7 Å². The molecule has 0 amide bonds. The highest BCUT2D eigenvalue weighted by Gasteiger charge is 2.42. The highest BCUT2D eigenvalue weighted by molar-refractivity contribution is 5.01. The van der Waals surface area contributed by atoms with Crippen LogP contribution in [0, 0.1) is 5.92 Å². The Labute approximate surface area is 105 Å². The Hall–Kier alpha value is -0.120. The van der Waals surface area contributed by atoms with Gasteiger partial charge < -0.3 is 15.8 Å². The molecule has 0 bridgehead atoms. The van der Waals surface area contributed by atoms with Crippen LogP contribution in [0.25, 0.3) is 0 Å². The van der Waals surface area contributed by atoms with E-state index in [1.165, 1.54) is 38.5 Å². The predicted molar refractivity (Wildman–Crippen MR) is 71.0 cm³/mol. The van der Waals surface area contributed by atoms with Crippen LogP contribution in [0.15, 0.2) is 0 Å². The molecule has 4 unspecified atom stereocenters. The molecular weight excluding hydrogens is 212 g/mol. The van der Waals surface area contributed by atoms with E-state index in [4.69, 9.17) is 10.5 Å². The highest BCUT2D eigenvalue weighted by Crippen LogP contribution is 2.33. The average Bonchev–Trinajstić information content (AvgIpc) is 2.75. The lowest BCUT2D eigenvalue weighted by molar-refractivity contribution is -0.0137. The fourth-order valence-corrected chi connectivity index (χ4v) is 3.75. The molecule has 0 heterocycles. The van der Waals surface area contributed by atoms with Crippen LogP contribution in [0.2, 0.25) is 0 Å². The Kier molecular flexibility index (Phi) is 4.45. The van der Waals surface area contributed by atoms with Gasteiger partial charge in [0.05, 0.1) is 11.6 Å². The minimum absolute atomic E-state index is 0.0434. The topological polar surface area (TPSA) is 47.3 Å². The summed E-state index contributed by atoms with van der Waals surface area (Å²) in [4.78, 5) is 0. The van der Waals surface area contributed by atoms with Crippen molar-refractivity contribution in [3.05, 3.63) is 0 Å². The van der Waals surface area contributed by atoms with Crippen LogP contribution in [0.1, 0.15) is 51.9 Å². The Balaban J connectivity index is 2.01. The maximum absolute atomic E-state index is 6.07. The smallest absolute Gasteiger partial charge is 0.0765 e. The number of ether oxygens (including phenoxy) is 1. The zero-order valence-corrected chi connectivity index (χ0v) is 11.4. The lowest BCUT2D eigenvalue weighted by Crippen LogP contribution is -2.63. The van der Waals surface area contributed by atoms with E-state index >= 15 is 0 Å². The molecule has 0 aromatic heterocycles. The molecule has 0 aromatic carbocycles. The largest absolute Gasteiger partial charge is 0.379 e. The van der Waals surface area contributed by atoms with E-state index in [9.17, 15) is 0 Å². The van der Waals surface area contributed by atoms with Gasteiger partial charge in [-0.3, -0.25) is 0 Å². The third-order valence-corrected chi connectivity index (χ3v) is 4.79. The van der Waals surface area contributed by atoms with Gasteiger partial charge in [-0.15, -0.1) is 0 Å². The second-order valence-corrected chi connectivity index (χ2v) is 6.09. The normalized spacial score (nSPS) is 42.9. The lowest BCUT2D eigenvalue weighted by Gasteiger charge is -2.45. The Morgan fingerprint density at radius 1 is 1.29 bits per heavy atom. The number of rotatable bonds is 4. The van der Waals surface area contributed by atoms with Crippen LogP contribution in [0.3, 0.4) is 0 Å². The molecule has 0 saturated heterocycles. The fraction of sp³-hybridized carbons (Fsp3) is 1.00. The van der Waals surface area contributed by atoms with E-state index in [1.807, 2.05) is 7.11 Å². The summed E-state index contributed by atoms with van der Waals surface area (Å²) in [6.07, 6.45) is 9.16. The minimum atomic E-state index is 0.0434. The summed E-state index contributed by atoms with van der Waals surface area (Å²) in [6.45, 7) is 3.06. The monoisotopic (exact) mass is 240 g/mol. The van der Waals surface area contributed by atoms with Crippen LogP contribution >= 0.6 is 0 Å². The van der Waals surface area contributed by atoms with Gasteiger partial charge in [0, 0.05) is 19.7 Å². The van der Waals surface area contributed by atoms with Crippen LogP contribution in [0.5, 0.6) is 0 Å². The van der Waals surface area contributed by atoms with E-state index in [1.54, 1.807) is 0 Å². The highest BCUT2D eigenvalue weighted by atomic mass is 16.5. The molecular formula is C14H28N2O. The van der Waals surface area contributed by atoms with Crippen LogP contribution < -0.4 is 11.1 Å². The predicted octanol–water partition coefficient (Wildman–Crippen LogP) is 2.05. The van der Waals surface area contributed by atoms with E-state index in [0.717, 1.165) is 12.3 Å². The van der Waals surface area contributed by atoms with Gasteiger partial charge in [-0.05, 0) is 38.0 Å². The first-order chi connectivity index (χ1) is 8.20. The zero-order chi connectivity index (χ0) is 12.3. The summed E-state index contributed by atoms with van der Waals surface area (Å²) in [7, 11) is 1.83. The summed E-state index contributed by atoms with van der Waals surface area (Å²) >= 11 is 0. The fourth-order valence-electron chi connectivity index (χ4n) is 3.75.